The van der Waals surface area contributed by atoms with Gasteiger partial charge in [-0.25, -0.2) is 4.98 Å². The lowest BCUT2D eigenvalue weighted by Crippen LogP contribution is -2.13. The maximum absolute atomic E-state index is 12.6. The average molecular weight is 419 g/mol. The van der Waals surface area contributed by atoms with Gasteiger partial charge in [-0.2, -0.15) is 0 Å². The summed E-state index contributed by atoms with van der Waals surface area (Å²) in [4.78, 5) is 16.9. The SMILES string of the molecule is COc1cc(NC(=O)c2csc(COc3ccc(C)cc3)n2)c(OC)cc1Cl. The molecular formula is C20H19ClN2O4S. The second-order valence-electron chi connectivity index (χ2n) is 5.87. The Kier molecular flexibility index (Phi) is 6.38. The fourth-order valence-electron chi connectivity index (χ4n) is 2.41. The predicted octanol–water partition coefficient (Wildman–Crippen LogP) is 4.95. The number of aromatic nitrogens is 1. The zero-order chi connectivity index (χ0) is 20.1. The van der Waals surface area contributed by atoms with Gasteiger partial charge in [-0.15, -0.1) is 11.3 Å². The van der Waals surface area contributed by atoms with E-state index < -0.39 is 0 Å². The molecule has 1 aromatic heterocycles. The molecule has 0 saturated carbocycles. The molecule has 0 aliphatic carbocycles. The Morgan fingerprint density at radius 2 is 1.86 bits per heavy atom. The van der Waals surface area contributed by atoms with Gasteiger partial charge >= 0.3 is 0 Å². The van der Waals surface area contributed by atoms with E-state index in [9.17, 15) is 4.79 Å². The molecule has 1 heterocycles. The molecule has 0 aliphatic rings. The van der Waals surface area contributed by atoms with E-state index in [4.69, 9.17) is 25.8 Å². The molecule has 6 nitrogen and oxygen atoms in total. The van der Waals surface area contributed by atoms with Crippen molar-refractivity contribution in [1.29, 1.82) is 0 Å². The third-order valence-corrected chi connectivity index (χ3v) is 5.01. The number of ether oxygens (including phenoxy) is 3. The van der Waals surface area contributed by atoms with E-state index in [1.165, 1.54) is 25.6 Å². The van der Waals surface area contributed by atoms with Gasteiger partial charge in [0.25, 0.3) is 5.91 Å². The standard InChI is InChI=1S/C20H19ClN2O4S/c1-12-4-6-13(7-5-12)27-10-19-22-16(11-28-19)20(24)23-15-9-17(25-2)14(21)8-18(15)26-3/h4-9,11H,10H2,1-3H3,(H,23,24). The molecule has 0 radical (unpaired) electrons. The first-order chi connectivity index (χ1) is 13.5. The lowest BCUT2D eigenvalue weighted by molar-refractivity contribution is 0.102. The normalized spacial score (nSPS) is 10.4. The number of rotatable bonds is 7. The molecule has 3 aromatic rings. The van der Waals surface area contributed by atoms with E-state index >= 15 is 0 Å². The Morgan fingerprint density at radius 1 is 1.14 bits per heavy atom. The average Bonchev–Trinajstić information content (AvgIpc) is 3.17. The number of hydrogen-bond acceptors (Lipinski definition) is 6. The van der Waals surface area contributed by atoms with Crippen LogP contribution >= 0.6 is 22.9 Å². The number of carbonyl (C=O) groups is 1. The Morgan fingerprint density at radius 3 is 2.54 bits per heavy atom. The highest BCUT2D eigenvalue weighted by atomic mass is 35.5. The second kappa shape index (κ2) is 8.95. The van der Waals surface area contributed by atoms with Crippen LogP contribution in [0.4, 0.5) is 5.69 Å². The molecule has 0 saturated heterocycles. The van der Waals surface area contributed by atoms with Crippen LogP contribution < -0.4 is 19.5 Å². The molecule has 0 spiro atoms. The van der Waals surface area contributed by atoms with Gasteiger partial charge in [-0.05, 0) is 19.1 Å². The lowest BCUT2D eigenvalue weighted by Gasteiger charge is -2.12. The highest BCUT2D eigenvalue weighted by molar-refractivity contribution is 7.09. The van der Waals surface area contributed by atoms with E-state index in [0.29, 0.717) is 39.5 Å². The summed E-state index contributed by atoms with van der Waals surface area (Å²) in [5, 5.41) is 5.55. The molecule has 0 bridgehead atoms. The summed E-state index contributed by atoms with van der Waals surface area (Å²) in [6.07, 6.45) is 0. The van der Waals surface area contributed by atoms with Crippen LogP contribution in [0.1, 0.15) is 21.1 Å². The van der Waals surface area contributed by atoms with Crippen LogP contribution in [0.3, 0.4) is 0 Å². The number of aryl methyl sites for hydroxylation is 1. The molecular weight excluding hydrogens is 400 g/mol. The van der Waals surface area contributed by atoms with Crippen molar-refractivity contribution in [1.82, 2.24) is 4.98 Å². The van der Waals surface area contributed by atoms with Crippen LogP contribution in [0.15, 0.2) is 41.8 Å². The van der Waals surface area contributed by atoms with E-state index in [1.54, 1.807) is 17.5 Å². The van der Waals surface area contributed by atoms with Crippen LogP contribution in [-0.4, -0.2) is 25.1 Å². The summed E-state index contributed by atoms with van der Waals surface area (Å²) in [6.45, 7) is 2.31. The summed E-state index contributed by atoms with van der Waals surface area (Å²) in [7, 11) is 3.00. The van der Waals surface area contributed by atoms with Crippen molar-refractivity contribution in [3.8, 4) is 17.2 Å². The van der Waals surface area contributed by atoms with Crippen LogP contribution in [0.25, 0.3) is 0 Å². The second-order valence-corrected chi connectivity index (χ2v) is 7.22. The van der Waals surface area contributed by atoms with Crippen LogP contribution in [0, 0.1) is 6.92 Å². The van der Waals surface area contributed by atoms with E-state index in [-0.39, 0.29) is 5.91 Å². The smallest absolute Gasteiger partial charge is 0.275 e. The third kappa shape index (κ3) is 4.74. The molecule has 3 rings (SSSR count). The van der Waals surface area contributed by atoms with Crippen molar-refractivity contribution < 1.29 is 19.0 Å². The minimum atomic E-state index is -0.361. The van der Waals surface area contributed by atoms with Crippen molar-refractivity contribution >= 4 is 34.5 Å². The third-order valence-electron chi connectivity index (χ3n) is 3.89. The number of nitrogens with one attached hydrogen (secondary N) is 1. The Bertz CT molecular complexity index is 973. The van der Waals surface area contributed by atoms with Crippen molar-refractivity contribution in [2.75, 3.05) is 19.5 Å². The zero-order valence-electron chi connectivity index (χ0n) is 15.6. The summed E-state index contributed by atoms with van der Waals surface area (Å²) in [5.74, 6) is 1.26. The topological polar surface area (TPSA) is 69.7 Å². The van der Waals surface area contributed by atoms with Gasteiger partial charge < -0.3 is 19.5 Å². The van der Waals surface area contributed by atoms with Gasteiger partial charge in [0.2, 0.25) is 0 Å². The molecule has 0 atom stereocenters. The van der Waals surface area contributed by atoms with Gasteiger partial charge in [-0.3, -0.25) is 4.79 Å². The molecule has 28 heavy (non-hydrogen) atoms. The maximum Gasteiger partial charge on any atom is 0.275 e. The number of methoxy groups -OCH3 is 2. The van der Waals surface area contributed by atoms with Crippen molar-refractivity contribution in [3.63, 3.8) is 0 Å². The highest BCUT2D eigenvalue weighted by Crippen LogP contribution is 2.36. The van der Waals surface area contributed by atoms with Crippen LogP contribution in [0.2, 0.25) is 5.02 Å². The molecule has 2 aromatic carbocycles. The quantitative estimate of drug-likeness (QED) is 0.587. The van der Waals surface area contributed by atoms with Crippen molar-refractivity contribution in [2.24, 2.45) is 0 Å². The number of carbonyl (C=O) groups excluding carboxylic acids is 1. The number of hydrogen-bond donors (Lipinski definition) is 1. The first-order valence-corrected chi connectivity index (χ1v) is 9.62. The Hall–Kier alpha value is -2.77. The van der Waals surface area contributed by atoms with Gasteiger partial charge in [-0.1, -0.05) is 29.3 Å². The maximum atomic E-state index is 12.6. The van der Waals surface area contributed by atoms with Gasteiger partial charge in [0.1, 0.15) is 34.6 Å². The zero-order valence-corrected chi connectivity index (χ0v) is 17.2. The Balaban J connectivity index is 1.68. The first kappa shape index (κ1) is 20.0. The summed E-state index contributed by atoms with van der Waals surface area (Å²) in [5.41, 5.74) is 1.90. The van der Waals surface area contributed by atoms with Gasteiger partial charge in [0, 0.05) is 17.5 Å². The molecule has 0 aliphatic heterocycles. The van der Waals surface area contributed by atoms with Gasteiger partial charge in [0.15, 0.2) is 0 Å². The number of nitrogens with zero attached hydrogens (tertiary/aromatic N) is 1. The van der Waals surface area contributed by atoms with E-state index in [1.807, 2.05) is 31.2 Å². The predicted molar refractivity (Wildman–Crippen MR) is 110 cm³/mol. The number of thiazole rings is 1. The van der Waals surface area contributed by atoms with Crippen LogP contribution in [-0.2, 0) is 6.61 Å². The van der Waals surface area contributed by atoms with Crippen LogP contribution in [0.5, 0.6) is 17.2 Å². The number of anilines is 1. The van der Waals surface area contributed by atoms with Crippen molar-refractivity contribution in [3.05, 3.63) is 63.1 Å². The summed E-state index contributed by atoms with van der Waals surface area (Å²) < 4.78 is 16.2. The fraction of sp³-hybridized carbons (Fsp3) is 0.200. The van der Waals surface area contributed by atoms with Gasteiger partial charge in [0.05, 0.1) is 24.9 Å². The molecule has 1 N–H and O–H groups in total. The summed E-state index contributed by atoms with van der Waals surface area (Å²) in [6, 6.07) is 10.9. The van der Waals surface area contributed by atoms with E-state index in [0.717, 1.165) is 11.3 Å². The van der Waals surface area contributed by atoms with E-state index in [2.05, 4.69) is 10.3 Å². The fourth-order valence-corrected chi connectivity index (χ4v) is 3.32. The molecule has 0 fully saturated rings. The largest absolute Gasteiger partial charge is 0.495 e. The molecule has 146 valence electrons. The molecule has 1 amide bonds. The summed E-state index contributed by atoms with van der Waals surface area (Å²) >= 11 is 7.45. The molecule has 0 unspecified atom stereocenters. The molecule has 8 heteroatoms. The minimum Gasteiger partial charge on any atom is -0.495 e. The number of halogens is 1. The minimum absolute atomic E-state index is 0.291. The Labute approximate surface area is 172 Å². The number of amides is 1. The monoisotopic (exact) mass is 418 g/mol. The highest BCUT2D eigenvalue weighted by Gasteiger charge is 2.16. The first-order valence-electron chi connectivity index (χ1n) is 8.37. The number of benzene rings is 2. The lowest BCUT2D eigenvalue weighted by atomic mass is 10.2. The van der Waals surface area contributed by atoms with Crippen molar-refractivity contribution in [2.45, 2.75) is 13.5 Å².